The first-order chi connectivity index (χ1) is 4.42. The molecule has 0 aliphatic carbocycles. The van der Waals surface area contributed by atoms with E-state index >= 15 is 0 Å². The van der Waals surface area contributed by atoms with E-state index in [1.807, 2.05) is 5.32 Å². The summed E-state index contributed by atoms with van der Waals surface area (Å²) in [6, 6.07) is 0. The van der Waals surface area contributed by atoms with Crippen LogP contribution in [0.2, 0.25) is 0 Å². The summed E-state index contributed by atoms with van der Waals surface area (Å²) >= 11 is 0. The van der Waals surface area contributed by atoms with Crippen molar-refractivity contribution in [1.82, 2.24) is 5.32 Å². The third kappa shape index (κ3) is 13.4. The summed E-state index contributed by atoms with van der Waals surface area (Å²) in [4.78, 5) is 29.2. The second-order valence-corrected chi connectivity index (χ2v) is 3.11. The number of aliphatic carboxylic acids is 1. The van der Waals surface area contributed by atoms with E-state index in [9.17, 15) is 24.3 Å². The quantitative estimate of drug-likeness (QED) is 0.414. The third-order valence-corrected chi connectivity index (χ3v) is 1.19. The van der Waals surface area contributed by atoms with Crippen molar-refractivity contribution in [2.75, 3.05) is 12.8 Å². The molecule has 0 bridgehead atoms. The molecule has 0 heterocycles. The first kappa shape index (κ1) is 13.9. The average molecular weight is 285 g/mol. The van der Waals surface area contributed by atoms with Gasteiger partial charge >= 0.3 is 23.9 Å². The second-order valence-electron chi connectivity index (χ2n) is 1.57. The number of rotatable bonds is 4. The number of carbonyl (C=O) groups excluding carboxylic acids is 1. The molecule has 0 aromatic rings. The Morgan fingerprint density at radius 1 is 1.45 bits per heavy atom. The number of nitrogens with one attached hydrogen (secondary N) is 1. The van der Waals surface area contributed by atoms with Crippen LogP contribution in [0.1, 0.15) is 0 Å². The van der Waals surface area contributed by atoms with Crippen LogP contribution in [0.15, 0.2) is 0 Å². The predicted octanol–water partition coefficient (Wildman–Crippen LogP) is -4.18. The first-order valence-corrected chi connectivity index (χ1v) is 4.06. The van der Waals surface area contributed by atoms with Crippen LogP contribution in [-0.2, 0) is 9.36 Å². The molecule has 0 aromatic carbocycles. The van der Waals surface area contributed by atoms with E-state index in [1.54, 1.807) is 0 Å². The van der Waals surface area contributed by atoms with Gasteiger partial charge < -0.3 is 29.6 Å². The summed E-state index contributed by atoms with van der Waals surface area (Å²) in [5.41, 5.74) is 0. The van der Waals surface area contributed by atoms with E-state index < -0.39 is 26.4 Å². The minimum atomic E-state index is -4.62. The molecule has 11 heavy (non-hydrogen) atoms. The Kier molecular flexibility index (Phi) is 7.55. The molecule has 0 amide bonds. The Morgan fingerprint density at radius 3 is 2.18 bits per heavy atom. The van der Waals surface area contributed by atoms with Crippen molar-refractivity contribution in [3.8, 4) is 0 Å². The van der Waals surface area contributed by atoms with Crippen LogP contribution >= 0.6 is 7.60 Å². The van der Waals surface area contributed by atoms with Gasteiger partial charge in [-0.1, -0.05) is 7.60 Å². The maximum atomic E-state index is 9.81. The largest absolute Gasteiger partial charge is 4.00 e. The molecule has 0 rings (SSSR count). The molecule has 0 radical (unpaired) electrons. The van der Waals surface area contributed by atoms with E-state index in [0.717, 1.165) is 0 Å². The van der Waals surface area contributed by atoms with E-state index in [1.165, 1.54) is 0 Å². The van der Waals surface area contributed by atoms with Gasteiger partial charge in [0.1, 0.15) is 0 Å². The topological polar surface area (TPSA) is 115 Å². The summed E-state index contributed by atoms with van der Waals surface area (Å²) in [7, 11) is -4.62. The number of hydrogen-bond donors (Lipinski definition) is 1. The van der Waals surface area contributed by atoms with E-state index in [4.69, 9.17) is 0 Å². The molecule has 0 aromatic heterocycles. The SMILES string of the molecule is O=C([O-])CNCP(=O)([O-])[O-].[Sn+4]. The molecule has 1 N–H and O–H groups in total. The zero-order chi connectivity index (χ0) is 8.20. The smallest absolute Gasteiger partial charge is 0.810 e. The van der Waals surface area contributed by atoms with Crippen LogP contribution in [0.4, 0.5) is 0 Å². The fraction of sp³-hybridized carbons (Fsp3) is 0.667. The van der Waals surface area contributed by atoms with Gasteiger partial charge in [-0.15, -0.1) is 0 Å². The zero-order valence-electron chi connectivity index (χ0n) is 5.40. The molecule has 0 unspecified atom stereocenters. The summed E-state index contributed by atoms with van der Waals surface area (Å²) in [5, 5.41) is 11.5. The molecule has 60 valence electrons. The normalized spacial score (nSPS) is 10.4. The van der Waals surface area contributed by atoms with Crippen molar-refractivity contribution in [2.45, 2.75) is 0 Å². The molecule has 0 saturated heterocycles. The van der Waals surface area contributed by atoms with Crippen LogP contribution in [0.3, 0.4) is 0 Å². The first-order valence-electron chi connectivity index (χ1n) is 2.33. The molecular formula is C3H5NO5PSn+. The van der Waals surface area contributed by atoms with Crippen LogP contribution in [-0.4, -0.2) is 42.7 Å². The molecule has 0 aliphatic heterocycles. The molecule has 0 spiro atoms. The van der Waals surface area contributed by atoms with E-state index in [0.29, 0.717) is 0 Å². The Balaban J connectivity index is 0. The van der Waals surface area contributed by atoms with E-state index in [-0.39, 0.29) is 23.9 Å². The van der Waals surface area contributed by atoms with Crippen molar-refractivity contribution >= 4 is 37.5 Å². The molecule has 0 atom stereocenters. The Bertz CT molecular complexity index is 167. The van der Waals surface area contributed by atoms with Crippen molar-refractivity contribution < 1.29 is 24.3 Å². The van der Waals surface area contributed by atoms with Gasteiger partial charge in [0.2, 0.25) is 0 Å². The van der Waals surface area contributed by atoms with Gasteiger partial charge in [0.15, 0.2) is 0 Å². The predicted molar refractivity (Wildman–Crippen MR) is 31.2 cm³/mol. The number of hydrogen-bond acceptors (Lipinski definition) is 6. The van der Waals surface area contributed by atoms with Crippen molar-refractivity contribution in [2.24, 2.45) is 0 Å². The summed E-state index contributed by atoms with van der Waals surface area (Å²) in [6.45, 7) is -0.630. The minimum absolute atomic E-state index is 0. The molecule has 0 aliphatic rings. The Morgan fingerprint density at radius 2 is 1.91 bits per heavy atom. The monoisotopic (exact) mass is 286 g/mol. The summed E-state index contributed by atoms with van der Waals surface area (Å²) < 4.78 is 9.81. The van der Waals surface area contributed by atoms with Gasteiger partial charge in [0.05, 0.1) is 5.97 Å². The molecule has 8 heteroatoms. The third-order valence-electron chi connectivity index (χ3n) is 0.575. The Hall–Kier alpha value is 0.379. The standard InChI is InChI=1S/C3H8NO5P.Sn/c5-3(6)1-4-2-10(7,8)9;/h4H,1-2H2,(H,5,6)(H2,7,8,9);/q;+4/p-3. The van der Waals surface area contributed by atoms with Crippen molar-refractivity contribution in [3.05, 3.63) is 0 Å². The average Bonchev–Trinajstić information content (AvgIpc) is 1.59. The Labute approximate surface area is 80.1 Å². The van der Waals surface area contributed by atoms with Gasteiger partial charge in [0, 0.05) is 12.8 Å². The van der Waals surface area contributed by atoms with Crippen molar-refractivity contribution in [1.29, 1.82) is 0 Å². The molecule has 0 fully saturated rings. The van der Waals surface area contributed by atoms with Crippen molar-refractivity contribution in [3.63, 3.8) is 0 Å². The van der Waals surface area contributed by atoms with Gasteiger partial charge in [-0.2, -0.15) is 0 Å². The molecule has 0 saturated carbocycles. The van der Waals surface area contributed by atoms with Crippen LogP contribution in [0, 0.1) is 0 Å². The van der Waals surface area contributed by atoms with Gasteiger partial charge in [-0.25, -0.2) is 0 Å². The molecule has 6 nitrogen and oxygen atoms in total. The van der Waals surface area contributed by atoms with Crippen LogP contribution in [0.5, 0.6) is 0 Å². The van der Waals surface area contributed by atoms with Crippen LogP contribution < -0.4 is 20.2 Å². The number of carboxylic acids is 1. The fourth-order valence-electron chi connectivity index (χ4n) is 0.295. The molecular weight excluding hydrogens is 280 g/mol. The van der Waals surface area contributed by atoms with Gasteiger partial charge in [-0.05, 0) is 0 Å². The maximum absolute atomic E-state index is 9.81. The second kappa shape index (κ2) is 5.96. The minimum Gasteiger partial charge on any atom is -0.810 e. The summed E-state index contributed by atoms with van der Waals surface area (Å²) in [6.07, 6.45) is -0.860. The zero-order valence-corrected chi connectivity index (χ0v) is 9.15. The maximum Gasteiger partial charge on any atom is 4.00 e. The summed E-state index contributed by atoms with van der Waals surface area (Å²) in [5.74, 6) is -1.45. The number of carbonyl (C=O) groups is 1. The van der Waals surface area contributed by atoms with Gasteiger partial charge in [0.25, 0.3) is 0 Å². The van der Waals surface area contributed by atoms with Gasteiger partial charge in [-0.3, -0.25) is 0 Å². The number of carboxylic acid groups (broad SMARTS) is 1. The fourth-order valence-corrected chi connectivity index (χ4v) is 0.681. The van der Waals surface area contributed by atoms with E-state index in [2.05, 4.69) is 0 Å². The van der Waals surface area contributed by atoms with Crippen LogP contribution in [0.25, 0.3) is 0 Å².